The number of nitrogens with zero attached hydrogens (tertiary/aromatic N) is 4. The van der Waals surface area contributed by atoms with E-state index in [2.05, 4.69) is 40.3 Å². The summed E-state index contributed by atoms with van der Waals surface area (Å²) in [4.78, 5) is 33.6. The second-order valence-corrected chi connectivity index (χ2v) is 8.01. The number of rotatable bonds is 5. The molecule has 30 heavy (non-hydrogen) atoms. The highest BCUT2D eigenvalue weighted by molar-refractivity contribution is 5.92. The minimum Gasteiger partial charge on any atom is -0.349 e. The van der Waals surface area contributed by atoms with Crippen molar-refractivity contribution >= 4 is 17.5 Å². The first kappa shape index (κ1) is 20.1. The fourth-order valence-corrected chi connectivity index (χ4v) is 4.10. The lowest BCUT2D eigenvalue weighted by atomic mass is 10.0. The number of aryl methyl sites for hydroxylation is 1. The Labute approximate surface area is 176 Å². The number of hydrogen-bond donors (Lipinski definition) is 1. The predicted octanol–water partition coefficient (Wildman–Crippen LogP) is 2.10. The highest BCUT2D eigenvalue weighted by Gasteiger charge is 2.36. The van der Waals surface area contributed by atoms with Gasteiger partial charge in [-0.2, -0.15) is 0 Å². The van der Waals surface area contributed by atoms with Gasteiger partial charge in [0.2, 0.25) is 5.91 Å². The molecule has 0 aliphatic carbocycles. The number of carbonyl (C=O) groups is 2. The average Bonchev–Trinajstić information content (AvgIpc) is 3.17. The molecule has 0 radical (unpaired) electrons. The minimum atomic E-state index is -0.249. The van der Waals surface area contributed by atoms with Crippen LogP contribution >= 0.6 is 0 Å². The molecule has 0 saturated carbocycles. The third kappa shape index (κ3) is 4.07. The molecule has 156 valence electrons. The van der Waals surface area contributed by atoms with Crippen LogP contribution in [0.25, 0.3) is 5.65 Å². The Balaban J connectivity index is 1.49. The van der Waals surface area contributed by atoms with Gasteiger partial charge in [-0.25, -0.2) is 4.98 Å². The van der Waals surface area contributed by atoms with Crippen molar-refractivity contribution in [3.8, 4) is 0 Å². The molecule has 0 spiro atoms. The van der Waals surface area contributed by atoms with Crippen LogP contribution in [-0.2, 0) is 11.3 Å². The van der Waals surface area contributed by atoms with Crippen LogP contribution in [0.1, 0.15) is 28.5 Å². The Bertz CT molecular complexity index is 1040. The van der Waals surface area contributed by atoms with Crippen LogP contribution < -0.4 is 5.32 Å². The summed E-state index contributed by atoms with van der Waals surface area (Å²) in [5.74, 6) is -0.105. The van der Waals surface area contributed by atoms with Gasteiger partial charge in [0, 0.05) is 45.1 Å². The molecule has 0 bridgehead atoms. The molecule has 7 nitrogen and oxygen atoms in total. The maximum absolute atomic E-state index is 12.7. The van der Waals surface area contributed by atoms with E-state index in [1.165, 1.54) is 5.56 Å². The molecule has 2 aromatic heterocycles. The van der Waals surface area contributed by atoms with E-state index in [1.807, 2.05) is 48.8 Å². The van der Waals surface area contributed by atoms with E-state index in [-0.39, 0.29) is 23.9 Å². The zero-order valence-electron chi connectivity index (χ0n) is 17.6. The number of benzene rings is 1. The molecule has 3 heterocycles. The summed E-state index contributed by atoms with van der Waals surface area (Å²) < 4.78 is 1.83. The Kier molecular flexibility index (Phi) is 5.55. The molecule has 1 aromatic carbocycles. The highest BCUT2D eigenvalue weighted by Crippen LogP contribution is 2.20. The largest absolute Gasteiger partial charge is 0.349 e. The molecule has 2 amide bonds. The number of amides is 2. The van der Waals surface area contributed by atoms with Gasteiger partial charge in [-0.3, -0.25) is 14.5 Å². The van der Waals surface area contributed by atoms with E-state index < -0.39 is 0 Å². The summed E-state index contributed by atoms with van der Waals surface area (Å²) in [5, 5.41) is 3.02. The van der Waals surface area contributed by atoms with Gasteiger partial charge in [0.05, 0.1) is 6.04 Å². The summed E-state index contributed by atoms with van der Waals surface area (Å²) in [7, 11) is 1.82. The summed E-state index contributed by atoms with van der Waals surface area (Å²) in [6, 6.07) is 13.7. The Hall–Kier alpha value is -3.19. The third-order valence-corrected chi connectivity index (χ3v) is 5.73. The zero-order chi connectivity index (χ0) is 21.3. The first-order valence-corrected chi connectivity index (χ1v) is 10.2. The SMILES string of the molecule is Cc1cccc(CN2[C@H](CNC(=O)c3cn4ccccc4n3)CN(C)C(=O)[C@@H]2C)c1. The van der Waals surface area contributed by atoms with Gasteiger partial charge in [-0.05, 0) is 31.5 Å². The zero-order valence-corrected chi connectivity index (χ0v) is 17.6. The predicted molar refractivity (Wildman–Crippen MR) is 115 cm³/mol. The lowest BCUT2D eigenvalue weighted by Gasteiger charge is -2.44. The number of likely N-dealkylation sites (N-methyl/N-ethyl adjacent to an activating group) is 1. The minimum absolute atomic E-state index is 0.0178. The molecule has 2 atom stereocenters. The Morgan fingerprint density at radius 1 is 1.23 bits per heavy atom. The summed E-state index contributed by atoms with van der Waals surface area (Å²) in [6.45, 7) is 5.68. The van der Waals surface area contributed by atoms with Crippen molar-refractivity contribution in [1.82, 2.24) is 24.5 Å². The van der Waals surface area contributed by atoms with Crippen LogP contribution in [0.2, 0.25) is 0 Å². The lowest BCUT2D eigenvalue weighted by Crippen LogP contribution is -2.62. The van der Waals surface area contributed by atoms with Gasteiger partial charge >= 0.3 is 0 Å². The van der Waals surface area contributed by atoms with Crippen LogP contribution in [0.4, 0.5) is 0 Å². The average molecular weight is 406 g/mol. The molecule has 1 aliphatic heterocycles. The lowest BCUT2D eigenvalue weighted by molar-refractivity contribution is -0.142. The molecule has 4 rings (SSSR count). The summed E-state index contributed by atoms with van der Waals surface area (Å²) >= 11 is 0. The van der Waals surface area contributed by atoms with Crippen LogP contribution in [0.15, 0.2) is 54.9 Å². The standard InChI is InChI=1S/C23H27N5O2/c1-16-7-6-8-18(11-16)13-28-17(2)23(30)26(3)14-19(28)12-24-22(29)20-15-27-10-5-4-9-21(27)25-20/h4-11,15,17,19H,12-14H2,1-3H3,(H,24,29)/t17-,19+/m0/s1. The van der Waals surface area contributed by atoms with E-state index in [1.54, 1.807) is 11.1 Å². The fourth-order valence-electron chi connectivity index (χ4n) is 4.10. The Morgan fingerprint density at radius 2 is 2.07 bits per heavy atom. The van der Waals surface area contributed by atoms with Crippen LogP contribution in [0.3, 0.4) is 0 Å². The maximum atomic E-state index is 12.7. The van der Waals surface area contributed by atoms with E-state index in [0.717, 1.165) is 11.2 Å². The molecular formula is C23H27N5O2. The number of pyridine rings is 1. The summed E-state index contributed by atoms with van der Waals surface area (Å²) in [5.41, 5.74) is 3.48. The van der Waals surface area contributed by atoms with E-state index >= 15 is 0 Å². The molecule has 1 saturated heterocycles. The van der Waals surface area contributed by atoms with Crippen molar-refractivity contribution in [3.05, 3.63) is 71.7 Å². The highest BCUT2D eigenvalue weighted by atomic mass is 16.2. The van der Waals surface area contributed by atoms with Gasteiger partial charge in [0.25, 0.3) is 5.91 Å². The molecule has 7 heteroatoms. The molecule has 1 N–H and O–H groups in total. The van der Waals surface area contributed by atoms with E-state index in [4.69, 9.17) is 0 Å². The molecule has 3 aromatic rings. The number of hydrogen-bond acceptors (Lipinski definition) is 4. The molecule has 0 unspecified atom stereocenters. The second kappa shape index (κ2) is 8.28. The maximum Gasteiger partial charge on any atom is 0.271 e. The van der Waals surface area contributed by atoms with Crippen LogP contribution in [0, 0.1) is 6.92 Å². The third-order valence-electron chi connectivity index (χ3n) is 5.73. The monoisotopic (exact) mass is 405 g/mol. The topological polar surface area (TPSA) is 70.0 Å². The van der Waals surface area contributed by atoms with Crippen LogP contribution in [0.5, 0.6) is 0 Å². The first-order chi connectivity index (χ1) is 14.4. The smallest absolute Gasteiger partial charge is 0.271 e. The van der Waals surface area contributed by atoms with Gasteiger partial charge in [-0.15, -0.1) is 0 Å². The number of imidazole rings is 1. The molecule has 1 fully saturated rings. The fraction of sp³-hybridized carbons (Fsp3) is 0.348. The quantitative estimate of drug-likeness (QED) is 0.706. The number of fused-ring (bicyclic) bond motifs is 1. The number of aromatic nitrogens is 2. The van der Waals surface area contributed by atoms with Gasteiger partial charge in [0.15, 0.2) is 0 Å². The van der Waals surface area contributed by atoms with Crippen molar-refractivity contribution in [3.63, 3.8) is 0 Å². The summed E-state index contributed by atoms with van der Waals surface area (Å²) in [6.07, 6.45) is 3.60. The van der Waals surface area contributed by atoms with Gasteiger partial charge in [0.1, 0.15) is 11.3 Å². The Morgan fingerprint density at radius 3 is 2.83 bits per heavy atom. The number of piperazine rings is 1. The van der Waals surface area contributed by atoms with Gasteiger partial charge in [-0.1, -0.05) is 35.9 Å². The van der Waals surface area contributed by atoms with Crippen molar-refractivity contribution < 1.29 is 9.59 Å². The van der Waals surface area contributed by atoms with Crippen molar-refractivity contribution in [2.45, 2.75) is 32.5 Å². The van der Waals surface area contributed by atoms with Gasteiger partial charge < -0.3 is 14.6 Å². The first-order valence-electron chi connectivity index (χ1n) is 10.2. The van der Waals surface area contributed by atoms with E-state index in [0.29, 0.717) is 25.3 Å². The van der Waals surface area contributed by atoms with Crippen LogP contribution in [-0.4, -0.2) is 63.2 Å². The van der Waals surface area contributed by atoms with Crippen molar-refractivity contribution in [1.29, 1.82) is 0 Å². The molecular weight excluding hydrogens is 378 g/mol. The number of nitrogens with one attached hydrogen (secondary N) is 1. The van der Waals surface area contributed by atoms with Crippen molar-refractivity contribution in [2.24, 2.45) is 0 Å². The van der Waals surface area contributed by atoms with Crippen molar-refractivity contribution in [2.75, 3.05) is 20.1 Å². The van der Waals surface area contributed by atoms with E-state index in [9.17, 15) is 9.59 Å². The molecule has 1 aliphatic rings. The normalized spacial score (nSPS) is 20.0. The second-order valence-electron chi connectivity index (χ2n) is 8.01. The number of carbonyl (C=O) groups excluding carboxylic acids is 2.